The predicted octanol–water partition coefficient (Wildman–Crippen LogP) is 5.28. The summed E-state index contributed by atoms with van der Waals surface area (Å²) in [5, 5.41) is 0.0351. The number of fused-ring (bicyclic) bond motifs is 5. The first-order chi connectivity index (χ1) is 21.3. The van der Waals surface area contributed by atoms with E-state index in [-0.39, 0.29) is 17.4 Å². The Kier molecular flexibility index (Phi) is 8.18. The van der Waals surface area contributed by atoms with Crippen molar-refractivity contribution in [2.24, 2.45) is 17.8 Å². The molecule has 2 aromatic rings. The zero-order chi connectivity index (χ0) is 30.5. The summed E-state index contributed by atoms with van der Waals surface area (Å²) in [6.07, 6.45) is 10.2. The molecule has 2 aliphatic carbocycles. The highest BCUT2D eigenvalue weighted by molar-refractivity contribution is 7.90. The third-order valence-electron chi connectivity index (χ3n) is 10.7. The summed E-state index contributed by atoms with van der Waals surface area (Å²) in [5.74, 6) is 0.606. The fourth-order valence-electron chi connectivity index (χ4n) is 8.25. The van der Waals surface area contributed by atoms with E-state index in [1.807, 2.05) is 18.2 Å². The van der Waals surface area contributed by atoms with Crippen LogP contribution < -0.4 is 14.4 Å². The van der Waals surface area contributed by atoms with Gasteiger partial charge in [-0.15, -0.1) is 0 Å². The number of allylic oxidation sites excluding steroid dienone is 1. The van der Waals surface area contributed by atoms with Gasteiger partial charge in [0.2, 0.25) is 10.0 Å². The molecular weight excluding hydrogens is 600 g/mol. The Labute approximate surface area is 265 Å². The molecule has 6 atom stereocenters. The van der Waals surface area contributed by atoms with E-state index in [0.29, 0.717) is 55.8 Å². The topological polar surface area (TPSA) is 94.2 Å². The Balaban J connectivity index is 1.30. The number of rotatable bonds is 1. The first kappa shape index (κ1) is 30.1. The first-order valence-electron chi connectivity index (χ1n) is 15.9. The van der Waals surface area contributed by atoms with E-state index in [1.165, 1.54) is 11.1 Å². The summed E-state index contributed by atoms with van der Waals surface area (Å²) in [6.45, 7) is 2.75. The fourth-order valence-corrected chi connectivity index (χ4v) is 10.1. The summed E-state index contributed by atoms with van der Waals surface area (Å²) < 4.78 is 47.8. The van der Waals surface area contributed by atoms with Crippen LogP contribution in [0, 0.1) is 17.8 Å². The number of hydrogen-bond acceptors (Lipinski definition) is 7. The number of nitrogens with zero attached hydrogens (tertiary/aromatic N) is 1. The Morgan fingerprint density at radius 2 is 2.00 bits per heavy atom. The zero-order valence-electron chi connectivity index (χ0n) is 25.2. The lowest BCUT2D eigenvalue weighted by atomic mass is 9.68. The smallest absolute Gasteiger partial charge is 0.264 e. The second kappa shape index (κ2) is 12.0. The van der Waals surface area contributed by atoms with Crippen LogP contribution in [0.5, 0.6) is 5.75 Å². The monoisotopic (exact) mass is 640 g/mol. The summed E-state index contributed by atoms with van der Waals surface area (Å²) in [4.78, 5) is 15.9. The molecule has 2 aromatic carbocycles. The number of nitrogens with one attached hydrogen (secondary N) is 1. The van der Waals surface area contributed by atoms with E-state index < -0.39 is 21.2 Å². The van der Waals surface area contributed by atoms with Crippen molar-refractivity contribution in [2.45, 2.75) is 61.7 Å². The zero-order valence-corrected chi connectivity index (χ0v) is 26.7. The van der Waals surface area contributed by atoms with Gasteiger partial charge in [0.05, 0.1) is 30.3 Å². The van der Waals surface area contributed by atoms with Crippen LogP contribution in [0.3, 0.4) is 0 Å². The summed E-state index contributed by atoms with van der Waals surface area (Å²) in [5.41, 5.74) is 3.46. The average molecular weight is 641 g/mol. The third kappa shape index (κ3) is 5.54. The number of sulfonamides is 1. The van der Waals surface area contributed by atoms with Crippen molar-refractivity contribution in [3.8, 4) is 5.75 Å². The van der Waals surface area contributed by atoms with Crippen LogP contribution in [0.4, 0.5) is 5.69 Å². The molecule has 1 saturated carbocycles. The van der Waals surface area contributed by atoms with Gasteiger partial charge in [0, 0.05) is 48.7 Å². The van der Waals surface area contributed by atoms with Crippen molar-refractivity contribution >= 4 is 33.2 Å². The summed E-state index contributed by atoms with van der Waals surface area (Å²) >= 11 is 6.42. The van der Waals surface area contributed by atoms with Crippen molar-refractivity contribution in [1.82, 2.24) is 4.72 Å². The molecule has 3 aliphatic heterocycles. The lowest BCUT2D eigenvalue weighted by Crippen LogP contribution is -2.49. The van der Waals surface area contributed by atoms with Crippen molar-refractivity contribution in [3.05, 3.63) is 70.3 Å². The van der Waals surface area contributed by atoms with Crippen LogP contribution in [-0.4, -0.2) is 65.7 Å². The molecule has 0 unspecified atom stereocenters. The normalized spacial score (nSPS) is 33.8. The molecule has 0 aromatic heterocycles. The quantitative estimate of drug-likeness (QED) is 0.424. The second-order valence-electron chi connectivity index (χ2n) is 13.3. The molecule has 1 N–H and O–H groups in total. The Morgan fingerprint density at radius 3 is 2.82 bits per heavy atom. The van der Waals surface area contributed by atoms with Gasteiger partial charge in [-0.25, -0.2) is 13.1 Å². The first-order valence-corrected chi connectivity index (χ1v) is 17.8. The predicted molar refractivity (Wildman–Crippen MR) is 170 cm³/mol. The number of methoxy groups -OCH3 is 1. The van der Waals surface area contributed by atoms with Gasteiger partial charge in [-0.1, -0.05) is 29.8 Å². The number of anilines is 1. The van der Waals surface area contributed by atoms with Gasteiger partial charge < -0.3 is 19.1 Å². The van der Waals surface area contributed by atoms with Crippen molar-refractivity contribution in [3.63, 3.8) is 0 Å². The van der Waals surface area contributed by atoms with Gasteiger partial charge in [0.15, 0.2) is 0 Å². The molecule has 8 nitrogen and oxygen atoms in total. The Morgan fingerprint density at radius 1 is 1.11 bits per heavy atom. The van der Waals surface area contributed by atoms with Gasteiger partial charge in [0.1, 0.15) is 5.75 Å². The lowest BCUT2D eigenvalue weighted by Gasteiger charge is -2.46. The van der Waals surface area contributed by atoms with Gasteiger partial charge in [-0.3, -0.25) is 4.79 Å². The van der Waals surface area contributed by atoms with E-state index in [4.69, 9.17) is 25.8 Å². The molecule has 3 heterocycles. The van der Waals surface area contributed by atoms with Crippen molar-refractivity contribution in [2.75, 3.05) is 44.9 Å². The maximum absolute atomic E-state index is 13.6. The minimum atomic E-state index is -3.94. The molecule has 2 bridgehead atoms. The summed E-state index contributed by atoms with van der Waals surface area (Å²) in [6, 6.07) is 11.6. The van der Waals surface area contributed by atoms with E-state index in [2.05, 4.69) is 33.9 Å². The molecular formula is C34H41ClN2O6S. The highest BCUT2D eigenvalue weighted by atomic mass is 35.5. The SMILES string of the molecule is CO[C@H]1/C=C/C[C@H]2COCC[C@@H]2S(=O)(=O)NC(=O)c2ccc3c(c2)N(C[C@@H]2CC[C@H]21)C[C@@]1(CCCc2cc(Cl)ccc21)CO3. The Bertz CT molecular complexity index is 1560. The largest absolute Gasteiger partial charge is 0.490 e. The number of carbonyl (C=O) groups excluding carboxylic acids is 1. The van der Waals surface area contributed by atoms with Crippen LogP contribution in [0.25, 0.3) is 0 Å². The maximum Gasteiger partial charge on any atom is 0.264 e. The van der Waals surface area contributed by atoms with E-state index in [9.17, 15) is 13.2 Å². The lowest BCUT2D eigenvalue weighted by molar-refractivity contribution is 0.0129. The van der Waals surface area contributed by atoms with E-state index >= 15 is 0 Å². The number of halogens is 1. The van der Waals surface area contributed by atoms with Crippen LogP contribution >= 0.6 is 11.6 Å². The number of aryl methyl sites for hydroxylation is 1. The number of hydrogen-bond donors (Lipinski definition) is 1. The van der Waals surface area contributed by atoms with Gasteiger partial charge in [-0.2, -0.15) is 0 Å². The average Bonchev–Trinajstić information content (AvgIpc) is 3.15. The second-order valence-corrected chi connectivity index (χ2v) is 15.6. The highest BCUT2D eigenvalue weighted by Gasteiger charge is 2.45. The van der Waals surface area contributed by atoms with Gasteiger partial charge >= 0.3 is 0 Å². The molecule has 44 heavy (non-hydrogen) atoms. The number of benzene rings is 2. The number of amides is 1. The molecule has 10 heteroatoms. The molecule has 236 valence electrons. The van der Waals surface area contributed by atoms with Crippen LogP contribution in [0.2, 0.25) is 5.02 Å². The van der Waals surface area contributed by atoms with Crippen LogP contribution in [0.15, 0.2) is 48.6 Å². The molecule has 2 fully saturated rings. The van der Waals surface area contributed by atoms with Crippen molar-refractivity contribution < 1.29 is 27.4 Å². The molecule has 1 spiro atoms. The summed E-state index contributed by atoms with van der Waals surface area (Å²) in [7, 11) is -2.18. The Hall–Kier alpha value is -2.59. The minimum Gasteiger partial charge on any atom is -0.490 e. The van der Waals surface area contributed by atoms with Crippen LogP contribution in [0.1, 0.15) is 60.0 Å². The number of ether oxygens (including phenoxy) is 3. The standard InChI is InChI=1S/C34H41ClN2O6S/c1-41-30-6-2-4-25-19-42-15-13-32(25)44(39,40)36-33(38)23-8-12-31-29(17-23)37(18-24-7-10-27(24)30)20-34(21-43-31)14-3-5-22-16-26(35)9-11-28(22)34/h2,6,8-9,11-12,16-17,24-25,27,30,32H,3-5,7,10,13-15,18-21H2,1H3,(H,36,38)/b6-2+/t24-,25-,27+,30-,32-,34-/m0/s1. The minimum absolute atomic E-state index is 0.0542. The van der Waals surface area contributed by atoms with E-state index in [1.54, 1.807) is 13.2 Å². The third-order valence-corrected chi connectivity index (χ3v) is 12.9. The van der Waals surface area contributed by atoms with E-state index in [0.717, 1.165) is 55.9 Å². The fraction of sp³-hybridized carbons (Fsp3) is 0.559. The van der Waals surface area contributed by atoms with Crippen molar-refractivity contribution in [1.29, 1.82) is 0 Å². The molecule has 7 rings (SSSR count). The molecule has 5 aliphatic rings. The molecule has 1 saturated heterocycles. The maximum atomic E-state index is 13.6. The van der Waals surface area contributed by atoms with Gasteiger partial charge in [-0.05, 0) is 98.2 Å². The number of carbonyl (C=O) groups is 1. The van der Waals surface area contributed by atoms with Gasteiger partial charge in [0.25, 0.3) is 5.91 Å². The molecule has 1 amide bonds. The highest BCUT2D eigenvalue weighted by Crippen LogP contribution is 2.47. The van der Waals surface area contributed by atoms with Crippen LogP contribution in [-0.2, 0) is 31.3 Å². The molecule has 0 radical (unpaired) electrons.